The Balaban J connectivity index is 1.87. The van der Waals surface area contributed by atoms with Crippen LogP contribution in [0.1, 0.15) is 51.0 Å². The van der Waals surface area contributed by atoms with Crippen LogP contribution in [0.15, 0.2) is 30.3 Å². The van der Waals surface area contributed by atoms with E-state index in [1.165, 1.54) is 12.8 Å². The number of likely N-dealkylation sites (tertiary alicyclic amines) is 1. The Labute approximate surface area is 140 Å². The molecule has 0 amide bonds. The maximum atomic E-state index is 13.3. The van der Waals surface area contributed by atoms with Gasteiger partial charge in [-0.2, -0.15) is 0 Å². The zero-order valence-electron chi connectivity index (χ0n) is 14.8. The van der Waals surface area contributed by atoms with Crippen molar-refractivity contribution in [3.63, 3.8) is 0 Å². The van der Waals surface area contributed by atoms with Crippen LogP contribution in [0.5, 0.6) is 0 Å². The molecule has 1 aliphatic carbocycles. The first-order chi connectivity index (χ1) is 10.9. The minimum absolute atomic E-state index is 0.00643. The second-order valence-corrected chi connectivity index (χ2v) is 8.05. The summed E-state index contributed by atoms with van der Waals surface area (Å²) >= 11 is 0. The molecule has 0 aromatic heterocycles. The molecule has 1 aromatic rings. The summed E-state index contributed by atoms with van der Waals surface area (Å²) in [5.41, 5.74) is 0.598. The van der Waals surface area contributed by atoms with Crippen LogP contribution in [0.4, 0.5) is 0 Å². The van der Waals surface area contributed by atoms with Crippen LogP contribution in [0.2, 0.25) is 0 Å². The van der Waals surface area contributed by atoms with Crippen LogP contribution in [0, 0.1) is 5.92 Å². The zero-order chi connectivity index (χ0) is 16.5. The SMILES string of the molecule is C[C@@](C(=O)OC1CCC[N+]1(C)C)(c1ccccc1)C1CCCC1. The normalized spacial score (nSPS) is 26.8. The summed E-state index contributed by atoms with van der Waals surface area (Å²) in [5, 5.41) is 0. The lowest BCUT2D eigenvalue weighted by molar-refractivity contribution is -0.921. The first kappa shape index (κ1) is 16.5. The molecule has 3 rings (SSSR count). The molecule has 1 heterocycles. The van der Waals surface area contributed by atoms with Crippen LogP contribution in [-0.4, -0.2) is 37.3 Å². The van der Waals surface area contributed by atoms with Gasteiger partial charge in [0.2, 0.25) is 6.23 Å². The van der Waals surface area contributed by atoms with E-state index < -0.39 is 5.41 Å². The van der Waals surface area contributed by atoms with Gasteiger partial charge in [-0.15, -0.1) is 0 Å². The van der Waals surface area contributed by atoms with Gasteiger partial charge in [0.1, 0.15) is 0 Å². The highest BCUT2D eigenvalue weighted by Crippen LogP contribution is 2.43. The van der Waals surface area contributed by atoms with Gasteiger partial charge in [0, 0.05) is 12.8 Å². The number of hydrogen-bond acceptors (Lipinski definition) is 2. The number of nitrogens with zero attached hydrogens (tertiary/aromatic N) is 1. The molecule has 23 heavy (non-hydrogen) atoms. The molecule has 0 N–H and O–H groups in total. The third-order valence-corrected chi connectivity index (χ3v) is 6.18. The lowest BCUT2D eigenvalue weighted by Crippen LogP contribution is -2.50. The van der Waals surface area contributed by atoms with Crippen molar-refractivity contribution < 1.29 is 14.0 Å². The molecule has 0 spiro atoms. The highest BCUT2D eigenvalue weighted by atomic mass is 16.6. The Morgan fingerprint density at radius 2 is 1.74 bits per heavy atom. The number of ether oxygens (including phenoxy) is 1. The third kappa shape index (κ3) is 3.03. The fourth-order valence-corrected chi connectivity index (χ4v) is 4.42. The first-order valence-electron chi connectivity index (χ1n) is 9.04. The summed E-state index contributed by atoms with van der Waals surface area (Å²) < 4.78 is 6.88. The molecule has 0 bridgehead atoms. The highest BCUT2D eigenvalue weighted by Gasteiger charge is 2.48. The molecule has 1 saturated heterocycles. The number of quaternary nitrogens is 1. The highest BCUT2D eigenvalue weighted by molar-refractivity contribution is 5.83. The molecule has 2 aliphatic rings. The number of esters is 1. The van der Waals surface area contributed by atoms with E-state index >= 15 is 0 Å². The van der Waals surface area contributed by atoms with Crippen molar-refractivity contribution in [2.75, 3.05) is 20.6 Å². The lowest BCUT2D eigenvalue weighted by atomic mass is 9.71. The maximum absolute atomic E-state index is 13.3. The van der Waals surface area contributed by atoms with E-state index in [0.29, 0.717) is 5.92 Å². The molecule has 1 aromatic carbocycles. The summed E-state index contributed by atoms with van der Waals surface area (Å²) in [4.78, 5) is 13.3. The van der Waals surface area contributed by atoms with Crippen molar-refractivity contribution in [1.29, 1.82) is 0 Å². The van der Waals surface area contributed by atoms with Crippen LogP contribution in [0.3, 0.4) is 0 Å². The number of carbonyl (C=O) groups excluding carboxylic acids is 1. The fourth-order valence-electron chi connectivity index (χ4n) is 4.42. The van der Waals surface area contributed by atoms with Crippen LogP contribution < -0.4 is 0 Å². The van der Waals surface area contributed by atoms with Crippen molar-refractivity contribution in [3.05, 3.63) is 35.9 Å². The Hall–Kier alpha value is -1.35. The summed E-state index contributed by atoms with van der Waals surface area (Å²) in [6.45, 7) is 3.19. The van der Waals surface area contributed by atoms with Crippen molar-refractivity contribution in [3.8, 4) is 0 Å². The van der Waals surface area contributed by atoms with E-state index in [-0.39, 0.29) is 12.2 Å². The molecule has 3 heteroatoms. The Kier molecular flexibility index (Phi) is 4.50. The predicted molar refractivity (Wildman–Crippen MR) is 91.8 cm³/mol. The van der Waals surface area contributed by atoms with Gasteiger partial charge in [0.25, 0.3) is 0 Å². The van der Waals surface area contributed by atoms with Gasteiger partial charge in [-0.1, -0.05) is 43.2 Å². The summed E-state index contributed by atoms with van der Waals surface area (Å²) in [5.74, 6) is 0.378. The molecule has 1 saturated carbocycles. The van der Waals surface area contributed by atoms with Gasteiger partial charge >= 0.3 is 5.97 Å². The summed E-state index contributed by atoms with van der Waals surface area (Å²) in [6.07, 6.45) is 6.83. The van der Waals surface area contributed by atoms with Crippen molar-refractivity contribution >= 4 is 5.97 Å². The third-order valence-electron chi connectivity index (χ3n) is 6.18. The minimum atomic E-state index is -0.514. The molecule has 1 unspecified atom stereocenters. The van der Waals surface area contributed by atoms with Crippen LogP contribution >= 0.6 is 0 Å². The van der Waals surface area contributed by atoms with Gasteiger partial charge in [0.05, 0.1) is 26.1 Å². The quantitative estimate of drug-likeness (QED) is 0.622. The van der Waals surface area contributed by atoms with Gasteiger partial charge in [0.15, 0.2) is 0 Å². The van der Waals surface area contributed by atoms with E-state index in [9.17, 15) is 4.79 Å². The smallest absolute Gasteiger partial charge is 0.321 e. The van der Waals surface area contributed by atoms with Crippen molar-refractivity contribution in [2.24, 2.45) is 5.92 Å². The molecule has 2 atom stereocenters. The molecular weight excluding hydrogens is 286 g/mol. The second kappa shape index (κ2) is 6.27. The molecular formula is C20H30NO2+. The number of carbonyl (C=O) groups is 1. The maximum Gasteiger partial charge on any atom is 0.321 e. The lowest BCUT2D eigenvalue weighted by Gasteiger charge is -2.37. The van der Waals surface area contributed by atoms with Gasteiger partial charge < -0.3 is 4.74 Å². The zero-order valence-corrected chi connectivity index (χ0v) is 14.8. The second-order valence-electron chi connectivity index (χ2n) is 8.05. The van der Waals surface area contributed by atoms with Gasteiger partial charge in [-0.05, 0) is 31.2 Å². The van der Waals surface area contributed by atoms with E-state index in [2.05, 4.69) is 33.2 Å². The van der Waals surface area contributed by atoms with E-state index in [0.717, 1.165) is 42.3 Å². The van der Waals surface area contributed by atoms with Crippen molar-refractivity contribution in [2.45, 2.75) is 57.1 Å². The van der Waals surface area contributed by atoms with Gasteiger partial charge in [-0.3, -0.25) is 9.28 Å². The van der Waals surface area contributed by atoms with Crippen LogP contribution in [0.25, 0.3) is 0 Å². The molecule has 126 valence electrons. The van der Waals surface area contributed by atoms with E-state index in [1.54, 1.807) is 0 Å². The van der Waals surface area contributed by atoms with Gasteiger partial charge in [-0.25, -0.2) is 0 Å². The minimum Gasteiger partial charge on any atom is -0.412 e. The Bertz CT molecular complexity index is 548. The topological polar surface area (TPSA) is 26.3 Å². The molecule has 1 aliphatic heterocycles. The van der Waals surface area contributed by atoms with E-state index in [1.807, 2.05) is 18.2 Å². The monoisotopic (exact) mass is 316 g/mol. The number of benzene rings is 1. The number of hydrogen-bond donors (Lipinski definition) is 0. The average Bonchev–Trinajstić information content (AvgIpc) is 3.18. The van der Waals surface area contributed by atoms with Crippen molar-refractivity contribution in [1.82, 2.24) is 0 Å². The Morgan fingerprint density at radius 3 is 2.30 bits per heavy atom. The van der Waals surface area contributed by atoms with Crippen LogP contribution in [-0.2, 0) is 14.9 Å². The average molecular weight is 316 g/mol. The Morgan fingerprint density at radius 1 is 1.09 bits per heavy atom. The molecule has 3 nitrogen and oxygen atoms in total. The number of rotatable bonds is 4. The molecule has 0 radical (unpaired) electrons. The molecule has 2 fully saturated rings. The standard InChI is InChI=1S/C20H30NO2/c1-20(17-12-7-8-13-17,16-10-5-4-6-11-16)19(22)23-18-14-9-15-21(18,2)3/h4-6,10-11,17-18H,7-9,12-15H2,1-3H3/q+1/t18?,20-/m1/s1. The summed E-state index contributed by atoms with van der Waals surface area (Å²) in [7, 11) is 4.33. The van der Waals surface area contributed by atoms with E-state index in [4.69, 9.17) is 4.74 Å². The predicted octanol–water partition coefficient (Wildman–Crippen LogP) is 3.87. The summed E-state index contributed by atoms with van der Waals surface area (Å²) in [6, 6.07) is 10.3. The fraction of sp³-hybridized carbons (Fsp3) is 0.650. The largest absolute Gasteiger partial charge is 0.412 e. The first-order valence-corrected chi connectivity index (χ1v) is 9.04.